The van der Waals surface area contributed by atoms with E-state index in [0.717, 1.165) is 79.8 Å². The van der Waals surface area contributed by atoms with E-state index < -0.39 is 0 Å². The van der Waals surface area contributed by atoms with Crippen LogP contribution in [0.3, 0.4) is 0 Å². The summed E-state index contributed by atoms with van der Waals surface area (Å²) in [5.74, 6) is 5.55. The van der Waals surface area contributed by atoms with Crippen molar-refractivity contribution in [2.24, 2.45) is 46.2 Å². The lowest BCUT2D eigenvalue weighted by Gasteiger charge is -2.58. The first-order valence-electron chi connectivity index (χ1n) is 17.9. The lowest BCUT2D eigenvalue weighted by molar-refractivity contribution is -0.148. The summed E-state index contributed by atoms with van der Waals surface area (Å²) in [6, 6.07) is 0. The predicted octanol–water partition coefficient (Wildman–Crippen LogP) is 9.70. The van der Waals surface area contributed by atoms with Crippen LogP contribution in [-0.2, 0) is 9.53 Å². The molecule has 0 heterocycles. The number of esters is 1. The average molecular weight is 633 g/mol. The molecule has 4 rings (SSSR count). The third kappa shape index (κ3) is 9.24. The van der Waals surface area contributed by atoms with Crippen molar-refractivity contribution in [3.05, 3.63) is 23.9 Å². The molecular formula is C37H64N2O2S2. The molecule has 0 bridgehead atoms. The van der Waals surface area contributed by atoms with Crippen molar-refractivity contribution in [2.45, 2.75) is 137 Å². The molecule has 0 aromatic carbocycles. The van der Waals surface area contributed by atoms with Gasteiger partial charge in [0.1, 0.15) is 11.9 Å². The Morgan fingerprint density at radius 3 is 2.60 bits per heavy atom. The Labute approximate surface area is 272 Å². The fourth-order valence-electron chi connectivity index (χ4n) is 9.62. The van der Waals surface area contributed by atoms with Crippen LogP contribution in [0.5, 0.6) is 0 Å². The molecular weight excluding hydrogens is 569 g/mol. The summed E-state index contributed by atoms with van der Waals surface area (Å²) < 4.78 is 6.04. The van der Waals surface area contributed by atoms with Gasteiger partial charge in [-0.15, -0.1) is 0 Å². The van der Waals surface area contributed by atoms with Crippen molar-refractivity contribution in [2.75, 3.05) is 24.6 Å². The van der Waals surface area contributed by atoms with Crippen LogP contribution in [0.25, 0.3) is 0 Å². The third-order valence-electron chi connectivity index (χ3n) is 12.1. The first kappa shape index (κ1) is 35.3. The van der Waals surface area contributed by atoms with Gasteiger partial charge in [-0.05, 0) is 111 Å². The second-order valence-electron chi connectivity index (χ2n) is 15.4. The lowest BCUT2D eigenvalue weighted by atomic mass is 9.47. The molecule has 0 aromatic rings. The Kier molecular flexibility index (Phi) is 13.8. The number of nitrogens with two attached hydrogens (primary N) is 1. The van der Waals surface area contributed by atoms with Crippen LogP contribution in [0, 0.1) is 40.4 Å². The molecule has 4 aliphatic rings. The van der Waals surface area contributed by atoms with Crippen molar-refractivity contribution in [1.29, 1.82) is 0 Å². The lowest BCUT2D eigenvalue weighted by Crippen LogP contribution is -2.50. The van der Waals surface area contributed by atoms with E-state index in [1.165, 1.54) is 77.0 Å². The Hall–Kier alpha value is -0.590. The fraction of sp³-hybridized carbons (Fsp3) is 0.865. The van der Waals surface area contributed by atoms with E-state index in [2.05, 4.69) is 45.7 Å². The maximum atomic E-state index is 12.7. The van der Waals surface area contributed by atoms with Gasteiger partial charge in [-0.1, -0.05) is 99.6 Å². The van der Waals surface area contributed by atoms with Crippen LogP contribution in [0.15, 0.2) is 23.9 Å². The van der Waals surface area contributed by atoms with E-state index in [1.807, 2.05) is 0 Å². The first-order valence-corrected chi connectivity index (χ1v) is 20.4. The van der Waals surface area contributed by atoms with Gasteiger partial charge in [0.2, 0.25) is 0 Å². The summed E-state index contributed by atoms with van der Waals surface area (Å²) >= 11 is 0. The van der Waals surface area contributed by atoms with E-state index in [1.54, 1.807) is 27.2 Å². The molecule has 7 unspecified atom stereocenters. The summed E-state index contributed by atoms with van der Waals surface area (Å²) in [6.45, 7) is 15.9. The number of carbonyl (C=O) groups is 1. The molecule has 0 aliphatic heterocycles. The Morgan fingerprint density at radius 1 is 1.02 bits per heavy atom. The van der Waals surface area contributed by atoms with Crippen LogP contribution in [0.4, 0.5) is 0 Å². The number of ether oxygens (including phenoxy) is 1. The van der Waals surface area contributed by atoms with Gasteiger partial charge in [0.05, 0.1) is 0 Å². The Balaban J connectivity index is 1.18. The molecule has 4 nitrogen and oxygen atoms in total. The van der Waals surface area contributed by atoms with Gasteiger partial charge >= 0.3 is 5.97 Å². The maximum Gasteiger partial charge on any atom is 0.317 e. The molecule has 0 amide bonds. The predicted molar refractivity (Wildman–Crippen MR) is 188 cm³/mol. The zero-order valence-corrected chi connectivity index (χ0v) is 29.7. The summed E-state index contributed by atoms with van der Waals surface area (Å²) in [6.07, 6.45) is 23.2. The van der Waals surface area contributed by atoms with Gasteiger partial charge in [-0.25, -0.2) is 0 Å². The fourth-order valence-corrected chi connectivity index (χ4v) is 11.4. The zero-order chi connectivity index (χ0) is 30.9. The van der Waals surface area contributed by atoms with Crippen LogP contribution < -0.4 is 11.1 Å². The largest absolute Gasteiger partial charge is 0.461 e. The average Bonchev–Trinajstić information content (AvgIpc) is 3.31. The number of rotatable bonds is 18. The molecule has 0 spiro atoms. The molecule has 7 atom stereocenters. The number of allylic oxidation sites excluding steroid dienone is 1. The zero-order valence-electron chi connectivity index (χ0n) is 28.1. The quantitative estimate of drug-likeness (QED) is 0.0679. The van der Waals surface area contributed by atoms with Crippen molar-refractivity contribution in [3.63, 3.8) is 0 Å². The number of hydrogen-bond acceptors (Lipinski definition) is 6. The molecule has 3 fully saturated rings. The number of carbonyl (C=O) groups excluding carboxylic acids is 1. The minimum atomic E-state index is -0.0577. The van der Waals surface area contributed by atoms with E-state index >= 15 is 0 Å². The molecule has 6 heteroatoms. The highest BCUT2D eigenvalue weighted by molar-refractivity contribution is 8.76. The Bertz CT molecular complexity index is 938. The van der Waals surface area contributed by atoms with Gasteiger partial charge in [-0.3, -0.25) is 4.79 Å². The summed E-state index contributed by atoms with van der Waals surface area (Å²) in [5, 5.41) is 3.41. The van der Waals surface area contributed by atoms with E-state index in [9.17, 15) is 4.79 Å². The number of hydrogen-bond donors (Lipinski definition) is 2. The van der Waals surface area contributed by atoms with Crippen molar-refractivity contribution < 1.29 is 9.53 Å². The van der Waals surface area contributed by atoms with E-state index in [-0.39, 0.29) is 12.1 Å². The normalized spacial score (nSPS) is 33.3. The van der Waals surface area contributed by atoms with Crippen molar-refractivity contribution in [3.8, 4) is 0 Å². The monoisotopic (exact) mass is 632 g/mol. The highest BCUT2D eigenvalue weighted by Gasteiger charge is 2.58. The molecule has 43 heavy (non-hydrogen) atoms. The van der Waals surface area contributed by atoms with Crippen molar-refractivity contribution >= 4 is 27.6 Å². The number of unbranched alkanes of at least 4 members (excludes halogenated alkanes) is 4. The molecule has 4 aliphatic carbocycles. The van der Waals surface area contributed by atoms with E-state index in [4.69, 9.17) is 10.5 Å². The molecule has 0 radical (unpaired) electrons. The molecule has 0 saturated heterocycles. The molecule has 3 N–H and O–H groups in total. The summed E-state index contributed by atoms with van der Waals surface area (Å²) in [7, 11) is 3.29. The Morgan fingerprint density at radius 2 is 1.81 bits per heavy atom. The van der Waals surface area contributed by atoms with Gasteiger partial charge in [0.15, 0.2) is 0 Å². The SMILES string of the molecule is C=C(CSSCC(=O)OC1CCC2(C)C(=CCC3C2CCC2(C)C(CCCCC(C)C)CCC32)C1)NCCCCCCN. The first-order chi connectivity index (χ1) is 20.7. The van der Waals surface area contributed by atoms with Crippen LogP contribution in [0.2, 0.25) is 0 Å². The molecule has 0 aromatic heterocycles. The van der Waals surface area contributed by atoms with Crippen LogP contribution in [-0.4, -0.2) is 36.7 Å². The highest BCUT2D eigenvalue weighted by atomic mass is 33.1. The standard InChI is InChI=1S/C37H64N2O2S2/c1-27(2)12-8-9-13-29-15-17-33-32-16-14-30-24-31(18-20-37(30,5)34(32)19-21-36(29,33)4)41-35(40)26-43-42-25-28(3)39-23-11-7-6-10-22-38/h14,27,29,31-34,39H,3,6-13,15-26,38H2,1-2,4-5H3. The van der Waals surface area contributed by atoms with Gasteiger partial charge in [-0.2, -0.15) is 0 Å². The van der Waals surface area contributed by atoms with Gasteiger partial charge in [0.25, 0.3) is 0 Å². The second kappa shape index (κ2) is 16.8. The van der Waals surface area contributed by atoms with E-state index in [0.29, 0.717) is 16.6 Å². The number of fused-ring (bicyclic) bond motifs is 5. The van der Waals surface area contributed by atoms with Gasteiger partial charge < -0.3 is 15.8 Å². The smallest absolute Gasteiger partial charge is 0.317 e. The molecule has 246 valence electrons. The third-order valence-corrected chi connectivity index (χ3v) is 14.3. The molecule has 3 saturated carbocycles. The van der Waals surface area contributed by atoms with Crippen LogP contribution in [0.1, 0.15) is 130 Å². The summed E-state index contributed by atoms with van der Waals surface area (Å²) in [4.78, 5) is 12.7. The van der Waals surface area contributed by atoms with Crippen LogP contribution >= 0.6 is 21.6 Å². The van der Waals surface area contributed by atoms with Gasteiger partial charge in [0, 0.05) is 24.4 Å². The summed E-state index contributed by atoms with van der Waals surface area (Å²) in [5.41, 5.74) is 9.08. The van der Waals surface area contributed by atoms with Crippen molar-refractivity contribution in [1.82, 2.24) is 5.32 Å². The minimum absolute atomic E-state index is 0.0560. The second-order valence-corrected chi connectivity index (χ2v) is 17.8. The maximum absolute atomic E-state index is 12.7. The minimum Gasteiger partial charge on any atom is -0.461 e. The number of nitrogens with one attached hydrogen (secondary N) is 1. The highest BCUT2D eigenvalue weighted by Crippen LogP contribution is 2.66. The topological polar surface area (TPSA) is 64.3 Å².